The number of unbranched alkanes of at least 4 members (excludes halogenated alkanes) is 3. The van der Waals surface area contributed by atoms with Crippen molar-refractivity contribution in [1.82, 2.24) is 4.90 Å². The lowest BCUT2D eigenvalue weighted by atomic mass is 9.73. The highest BCUT2D eigenvalue weighted by atomic mass is 16.5. The molecule has 3 nitrogen and oxygen atoms in total. The molecule has 0 spiro atoms. The first-order chi connectivity index (χ1) is 14.1. The SMILES string of the molecule is CCCCCC[C@@](O)(c1ccc(C)cc1)[C@@H](CN1CCOCC1)c1ccccc1. The Bertz CT molecular complexity index is 709. The van der Waals surface area contributed by atoms with Crippen molar-refractivity contribution < 1.29 is 9.84 Å². The van der Waals surface area contributed by atoms with Crippen molar-refractivity contribution in [2.24, 2.45) is 0 Å². The van der Waals surface area contributed by atoms with Crippen LogP contribution < -0.4 is 0 Å². The van der Waals surface area contributed by atoms with Crippen LogP contribution in [0.2, 0.25) is 0 Å². The molecule has 0 amide bonds. The number of hydrogen-bond donors (Lipinski definition) is 1. The third-order valence-electron chi connectivity index (χ3n) is 6.29. The van der Waals surface area contributed by atoms with E-state index in [0.717, 1.165) is 51.3 Å². The van der Waals surface area contributed by atoms with Gasteiger partial charge in [0.1, 0.15) is 0 Å². The molecule has 3 rings (SSSR count). The van der Waals surface area contributed by atoms with Crippen molar-refractivity contribution in [3.8, 4) is 0 Å². The zero-order valence-corrected chi connectivity index (χ0v) is 18.1. The van der Waals surface area contributed by atoms with Crippen molar-refractivity contribution in [1.29, 1.82) is 0 Å². The second-order valence-electron chi connectivity index (χ2n) is 8.48. The molecular formula is C26H37NO2. The monoisotopic (exact) mass is 395 g/mol. The average Bonchev–Trinajstić information content (AvgIpc) is 2.77. The van der Waals surface area contributed by atoms with Crippen LogP contribution in [0.5, 0.6) is 0 Å². The molecule has 0 aromatic heterocycles. The molecule has 158 valence electrons. The van der Waals surface area contributed by atoms with Crippen LogP contribution in [0.4, 0.5) is 0 Å². The van der Waals surface area contributed by atoms with E-state index in [0.29, 0.717) is 0 Å². The number of benzene rings is 2. The third-order valence-corrected chi connectivity index (χ3v) is 6.29. The average molecular weight is 396 g/mol. The molecule has 2 aromatic carbocycles. The smallest absolute Gasteiger partial charge is 0.0977 e. The van der Waals surface area contributed by atoms with E-state index in [-0.39, 0.29) is 5.92 Å². The maximum absolute atomic E-state index is 12.3. The second-order valence-corrected chi connectivity index (χ2v) is 8.48. The van der Waals surface area contributed by atoms with Gasteiger partial charge in [0.2, 0.25) is 0 Å². The minimum atomic E-state index is -0.874. The van der Waals surface area contributed by atoms with Gasteiger partial charge >= 0.3 is 0 Å². The summed E-state index contributed by atoms with van der Waals surface area (Å²) >= 11 is 0. The summed E-state index contributed by atoms with van der Waals surface area (Å²) in [6.07, 6.45) is 5.44. The van der Waals surface area contributed by atoms with Gasteiger partial charge in [0.05, 0.1) is 18.8 Å². The Morgan fingerprint density at radius 1 is 0.966 bits per heavy atom. The fourth-order valence-corrected chi connectivity index (χ4v) is 4.44. The summed E-state index contributed by atoms with van der Waals surface area (Å²) in [5.74, 6) is 0.0335. The molecule has 1 fully saturated rings. The van der Waals surface area contributed by atoms with Crippen LogP contribution in [0.15, 0.2) is 54.6 Å². The number of nitrogens with zero attached hydrogens (tertiary/aromatic N) is 1. The van der Waals surface area contributed by atoms with E-state index in [1.54, 1.807) is 0 Å². The normalized spacial score (nSPS) is 18.3. The number of morpholine rings is 1. The van der Waals surface area contributed by atoms with Gasteiger partial charge in [-0.1, -0.05) is 92.8 Å². The van der Waals surface area contributed by atoms with Gasteiger partial charge in [-0.15, -0.1) is 0 Å². The molecule has 0 aliphatic carbocycles. The summed E-state index contributed by atoms with van der Waals surface area (Å²) in [6, 6.07) is 19.1. The van der Waals surface area contributed by atoms with Gasteiger partial charge in [-0.05, 0) is 24.5 Å². The molecule has 3 heteroatoms. The molecule has 0 unspecified atom stereocenters. The van der Waals surface area contributed by atoms with E-state index >= 15 is 0 Å². The van der Waals surface area contributed by atoms with E-state index < -0.39 is 5.60 Å². The van der Waals surface area contributed by atoms with Gasteiger partial charge in [0.25, 0.3) is 0 Å². The lowest BCUT2D eigenvalue weighted by Gasteiger charge is -2.41. The van der Waals surface area contributed by atoms with E-state index in [4.69, 9.17) is 4.74 Å². The summed E-state index contributed by atoms with van der Waals surface area (Å²) in [5, 5.41) is 12.3. The number of ether oxygens (including phenoxy) is 1. The van der Waals surface area contributed by atoms with Crippen molar-refractivity contribution >= 4 is 0 Å². The predicted molar refractivity (Wildman–Crippen MR) is 120 cm³/mol. The van der Waals surface area contributed by atoms with Gasteiger partial charge in [-0.25, -0.2) is 0 Å². The van der Waals surface area contributed by atoms with Gasteiger partial charge < -0.3 is 9.84 Å². The van der Waals surface area contributed by atoms with Crippen LogP contribution in [0.25, 0.3) is 0 Å². The highest BCUT2D eigenvalue weighted by Gasteiger charge is 2.40. The molecule has 2 aromatic rings. The Morgan fingerprint density at radius 2 is 1.66 bits per heavy atom. The molecule has 1 aliphatic heterocycles. The van der Waals surface area contributed by atoms with Crippen LogP contribution >= 0.6 is 0 Å². The minimum Gasteiger partial charge on any atom is -0.384 e. The predicted octanol–water partition coefficient (Wildman–Crippen LogP) is 5.27. The van der Waals surface area contributed by atoms with E-state index in [9.17, 15) is 5.11 Å². The zero-order valence-electron chi connectivity index (χ0n) is 18.1. The number of aliphatic hydroxyl groups is 1. The molecule has 0 bridgehead atoms. The summed E-state index contributed by atoms with van der Waals surface area (Å²) in [6.45, 7) is 8.61. The lowest BCUT2D eigenvalue weighted by molar-refractivity contribution is -0.0296. The Morgan fingerprint density at radius 3 is 2.31 bits per heavy atom. The molecule has 1 aliphatic rings. The van der Waals surface area contributed by atoms with Gasteiger partial charge in [-0.2, -0.15) is 0 Å². The zero-order chi connectivity index (χ0) is 20.5. The molecule has 1 N–H and O–H groups in total. The fourth-order valence-electron chi connectivity index (χ4n) is 4.44. The Kier molecular flexibility index (Phi) is 8.29. The van der Waals surface area contributed by atoms with Crippen LogP contribution in [0.1, 0.15) is 61.6 Å². The molecule has 1 saturated heterocycles. The van der Waals surface area contributed by atoms with Crippen molar-refractivity contribution in [3.63, 3.8) is 0 Å². The quantitative estimate of drug-likeness (QED) is 0.556. The van der Waals surface area contributed by atoms with E-state index in [1.807, 2.05) is 0 Å². The maximum Gasteiger partial charge on any atom is 0.0977 e. The molecule has 0 saturated carbocycles. The summed E-state index contributed by atoms with van der Waals surface area (Å²) in [5.41, 5.74) is 2.62. The van der Waals surface area contributed by atoms with Crippen LogP contribution in [0.3, 0.4) is 0 Å². The number of hydrogen-bond acceptors (Lipinski definition) is 3. The first-order valence-electron chi connectivity index (χ1n) is 11.3. The maximum atomic E-state index is 12.3. The number of aryl methyl sites for hydroxylation is 1. The number of rotatable bonds is 10. The summed E-state index contributed by atoms with van der Waals surface area (Å²) in [4.78, 5) is 2.45. The third kappa shape index (κ3) is 5.91. The van der Waals surface area contributed by atoms with Crippen LogP contribution in [-0.4, -0.2) is 42.9 Å². The molecule has 29 heavy (non-hydrogen) atoms. The topological polar surface area (TPSA) is 32.7 Å². The standard InChI is InChI=1S/C26H37NO2/c1-3-4-5-9-16-26(28,24-14-12-22(2)13-15-24)25(23-10-7-6-8-11-23)21-27-17-19-29-20-18-27/h6-8,10-15,25,28H,3-5,9,16-21H2,1-2H3/t25-,26+/m0/s1. The first kappa shape index (κ1) is 22.0. The molecule has 0 radical (unpaired) electrons. The highest BCUT2D eigenvalue weighted by molar-refractivity contribution is 5.33. The van der Waals surface area contributed by atoms with Crippen molar-refractivity contribution in [3.05, 3.63) is 71.3 Å². The fraction of sp³-hybridized carbons (Fsp3) is 0.538. The Hall–Kier alpha value is -1.68. The van der Waals surface area contributed by atoms with Gasteiger partial charge in [-0.3, -0.25) is 4.90 Å². The highest BCUT2D eigenvalue weighted by Crippen LogP contribution is 2.42. The largest absolute Gasteiger partial charge is 0.384 e. The Balaban J connectivity index is 1.94. The van der Waals surface area contributed by atoms with Gasteiger partial charge in [0.15, 0.2) is 0 Å². The molecule has 2 atom stereocenters. The second kappa shape index (κ2) is 10.9. The van der Waals surface area contributed by atoms with Crippen molar-refractivity contribution in [2.45, 2.75) is 57.5 Å². The summed E-state index contributed by atoms with van der Waals surface area (Å²) < 4.78 is 5.56. The van der Waals surface area contributed by atoms with Crippen LogP contribution in [0, 0.1) is 6.92 Å². The van der Waals surface area contributed by atoms with Gasteiger partial charge in [0, 0.05) is 25.6 Å². The van der Waals surface area contributed by atoms with E-state index in [1.165, 1.54) is 30.4 Å². The Labute approximate surface area is 176 Å². The molecule has 1 heterocycles. The van der Waals surface area contributed by atoms with Crippen LogP contribution in [-0.2, 0) is 10.3 Å². The lowest BCUT2D eigenvalue weighted by Crippen LogP contribution is -2.45. The van der Waals surface area contributed by atoms with E-state index in [2.05, 4.69) is 73.3 Å². The first-order valence-corrected chi connectivity index (χ1v) is 11.3. The van der Waals surface area contributed by atoms with Crippen molar-refractivity contribution in [2.75, 3.05) is 32.8 Å². The minimum absolute atomic E-state index is 0.0335. The molecular weight excluding hydrogens is 358 g/mol. The summed E-state index contributed by atoms with van der Waals surface area (Å²) in [7, 11) is 0.